The van der Waals surface area contributed by atoms with Gasteiger partial charge in [-0.1, -0.05) is 35.9 Å². The predicted molar refractivity (Wildman–Crippen MR) is 90.6 cm³/mol. The Kier molecular flexibility index (Phi) is 5.93. The summed E-state index contributed by atoms with van der Waals surface area (Å²) >= 11 is 0. The van der Waals surface area contributed by atoms with E-state index >= 15 is 0 Å². The fraction of sp³-hybridized carbons (Fsp3) is 0.294. The van der Waals surface area contributed by atoms with E-state index in [2.05, 4.69) is 5.32 Å². The molecule has 1 N–H and O–H groups in total. The SMILES string of the molecule is COP(=O)(OC)C(Nc1cccc(C(F)(F)F)c1)c1cccc(C)c1. The zero-order chi connectivity index (χ0) is 18.7. The molecule has 1 atom stereocenters. The molecule has 0 saturated heterocycles. The lowest BCUT2D eigenvalue weighted by Gasteiger charge is -2.27. The average molecular weight is 373 g/mol. The van der Waals surface area contributed by atoms with Crippen LogP contribution in [0.3, 0.4) is 0 Å². The fourth-order valence-electron chi connectivity index (χ4n) is 2.41. The number of nitrogens with one attached hydrogen (secondary N) is 1. The Morgan fingerprint density at radius 3 is 2.24 bits per heavy atom. The number of alkyl halides is 3. The number of anilines is 1. The molecule has 0 heterocycles. The van der Waals surface area contributed by atoms with Crippen molar-refractivity contribution in [2.24, 2.45) is 0 Å². The van der Waals surface area contributed by atoms with Crippen LogP contribution in [-0.2, 0) is 19.8 Å². The molecule has 136 valence electrons. The molecule has 2 rings (SSSR count). The highest BCUT2D eigenvalue weighted by atomic mass is 31.2. The Morgan fingerprint density at radius 2 is 1.68 bits per heavy atom. The summed E-state index contributed by atoms with van der Waals surface area (Å²) in [6, 6.07) is 11.8. The van der Waals surface area contributed by atoms with Crippen LogP contribution < -0.4 is 5.32 Å². The third-order valence-corrected chi connectivity index (χ3v) is 5.75. The molecule has 0 radical (unpaired) electrons. The molecule has 0 aliphatic carbocycles. The fourth-order valence-corrected chi connectivity index (χ4v) is 3.82. The average Bonchev–Trinajstić information content (AvgIpc) is 2.58. The highest BCUT2D eigenvalue weighted by Crippen LogP contribution is 2.59. The van der Waals surface area contributed by atoms with Crippen LogP contribution in [0.5, 0.6) is 0 Å². The van der Waals surface area contributed by atoms with Gasteiger partial charge in [0.05, 0.1) is 5.56 Å². The second-order valence-electron chi connectivity index (χ2n) is 5.44. The predicted octanol–water partition coefficient (Wildman–Crippen LogP) is 5.61. The maximum Gasteiger partial charge on any atom is 0.416 e. The van der Waals surface area contributed by atoms with Crippen LogP contribution >= 0.6 is 7.60 Å². The molecule has 0 amide bonds. The van der Waals surface area contributed by atoms with Crippen molar-refractivity contribution < 1.29 is 26.8 Å². The van der Waals surface area contributed by atoms with E-state index in [1.807, 2.05) is 13.0 Å². The maximum absolute atomic E-state index is 12.9. The van der Waals surface area contributed by atoms with Crippen molar-refractivity contribution in [3.63, 3.8) is 0 Å². The molecule has 2 aromatic rings. The molecular formula is C17H19F3NO3P. The molecular weight excluding hydrogens is 354 g/mol. The van der Waals surface area contributed by atoms with Crippen LogP contribution in [0.2, 0.25) is 0 Å². The molecule has 0 fully saturated rings. The van der Waals surface area contributed by atoms with E-state index in [4.69, 9.17) is 9.05 Å². The van der Waals surface area contributed by atoms with E-state index in [-0.39, 0.29) is 5.69 Å². The van der Waals surface area contributed by atoms with Gasteiger partial charge in [0, 0.05) is 19.9 Å². The molecule has 25 heavy (non-hydrogen) atoms. The van der Waals surface area contributed by atoms with Gasteiger partial charge in [-0.25, -0.2) is 0 Å². The van der Waals surface area contributed by atoms with Gasteiger partial charge in [0.25, 0.3) is 0 Å². The van der Waals surface area contributed by atoms with Crippen molar-refractivity contribution >= 4 is 13.3 Å². The quantitative estimate of drug-likeness (QED) is 0.669. The van der Waals surface area contributed by atoms with E-state index in [1.54, 1.807) is 18.2 Å². The van der Waals surface area contributed by atoms with E-state index < -0.39 is 25.1 Å². The Labute approximate surface area is 144 Å². The van der Waals surface area contributed by atoms with Gasteiger partial charge >= 0.3 is 13.8 Å². The normalized spacial score (nSPS) is 13.5. The van der Waals surface area contributed by atoms with Crippen molar-refractivity contribution in [3.8, 4) is 0 Å². The molecule has 0 aromatic heterocycles. The minimum atomic E-state index is -4.47. The molecule has 2 aromatic carbocycles. The van der Waals surface area contributed by atoms with Crippen LogP contribution in [0.1, 0.15) is 22.5 Å². The first-order chi connectivity index (χ1) is 11.7. The second kappa shape index (κ2) is 7.60. The highest BCUT2D eigenvalue weighted by molar-refractivity contribution is 7.54. The summed E-state index contributed by atoms with van der Waals surface area (Å²) in [7, 11) is -1.17. The number of rotatable bonds is 6. The first kappa shape index (κ1) is 19.5. The number of hydrogen-bond acceptors (Lipinski definition) is 4. The van der Waals surface area contributed by atoms with Crippen molar-refractivity contribution in [3.05, 3.63) is 65.2 Å². The first-order valence-electron chi connectivity index (χ1n) is 7.41. The van der Waals surface area contributed by atoms with Crippen molar-refractivity contribution in [1.82, 2.24) is 0 Å². The monoisotopic (exact) mass is 373 g/mol. The minimum Gasteiger partial charge on any atom is -0.368 e. The molecule has 0 spiro atoms. The van der Waals surface area contributed by atoms with E-state index in [0.717, 1.165) is 17.7 Å². The van der Waals surface area contributed by atoms with Gasteiger partial charge in [0.1, 0.15) is 0 Å². The third kappa shape index (κ3) is 4.63. The van der Waals surface area contributed by atoms with Crippen LogP contribution in [-0.4, -0.2) is 14.2 Å². The molecule has 0 bridgehead atoms. The highest BCUT2D eigenvalue weighted by Gasteiger charge is 2.36. The largest absolute Gasteiger partial charge is 0.416 e. The third-order valence-electron chi connectivity index (χ3n) is 3.68. The minimum absolute atomic E-state index is 0.163. The molecule has 4 nitrogen and oxygen atoms in total. The summed E-state index contributed by atoms with van der Waals surface area (Å²) in [4.78, 5) is 0. The van der Waals surface area contributed by atoms with Crippen LogP contribution in [0.25, 0.3) is 0 Å². The Bertz CT molecular complexity index is 772. The van der Waals surface area contributed by atoms with Gasteiger partial charge in [0.2, 0.25) is 0 Å². The van der Waals surface area contributed by atoms with E-state index in [1.165, 1.54) is 26.4 Å². The van der Waals surface area contributed by atoms with Crippen LogP contribution in [0, 0.1) is 6.92 Å². The summed E-state index contributed by atoms with van der Waals surface area (Å²) in [6.45, 7) is 1.86. The Morgan fingerprint density at radius 1 is 1.04 bits per heavy atom. The number of aryl methyl sites for hydroxylation is 1. The van der Waals surface area contributed by atoms with Crippen LogP contribution in [0.4, 0.5) is 18.9 Å². The van der Waals surface area contributed by atoms with Crippen molar-refractivity contribution in [2.45, 2.75) is 18.9 Å². The molecule has 0 saturated carbocycles. The second-order valence-corrected chi connectivity index (χ2v) is 7.77. The van der Waals surface area contributed by atoms with Crippen molar-refractivity contribution in [1.29, 1.82) is 0 Å². The topological polar surface area (TPSA) is 47.6 Å². The number of benzene rings is 2. The number of hydrogen-bond donors (Lipinski definition) is 1. The zero-order valence-electron chi connectivity index (χ0n) is 14.0. The van der Waals surface area contributed by atoms with Gasteiger partial charge in [0.15, 0.2) is 5.78 Å². The lowest BCUT2D eigenvalue weighted by molar-refractivity contribution is -0.137. The summed E-state index contributed by atoms with van der Waals surface area (Å²) in [5, 5.41) is 2.86. The summed E-state index contributed by atoms with van der Waals surface area (Å²) in [6.07, 6.45) is -4.47. The summed E-state index contributed by atoms with van der Waals surface area (Å²) in [5.41, 5.74) is 0.859. The Hall–Kier alpha value is -1.82. The first-order valence-corrected chi connectivity index (χ1v) is 9.02. The van der Waals surface area contributed by atoms with Gasteiger partial charge < -0.3 is 14.4 Å². The van der Waals surface area contributed by atoms with E-state index in [0.29, 0.717) is 5.56 Å². The lowest BCUT2D eigenvalue weighted by Crippen LogP contribution is -2.14. The van der Waals surface area contributed by atoms with Crippen molar-refractivity contribution in [2.75, 3.05) is 19.5 Å². The number of halogens is 3. The lowest BCUT2D eigenvalue weighted by atomic mass is 10.1. The summed E-state index contributed by atoms with van der Waals surface area (Å²) < 4.78 is 61.8. The standard InChI is InChI=1S/C17H19F3NO3P/c1-12-6-4-7-13(10-12)16(25(22,23-2)24-3)21-15-9-5-8-14(11-15)17(18,19)20/h4-11,16,21H,1-3H3. The smallest absolute Gasteiger partial charge is 0.368 e. The van der Waals surface area contributed by atoms with Gasteiger partial charge in [-0.15, -0.1) is 0 Å². The maximum atomic E-state index is 12.9. The molecule has 0 aliphatic heterocycles. The van der Waals surface area contributed by atoms with Crippen LogP contribution in [0.15, 0.2) is 48.5 Å². The zero-order valence-corrected chi connectivity index (χ0v) is 14.9. The van der Waals surface area contributed by atoms with Gasteiger partial charge in [-0.3, -0.25) is 4.57 Å². The van der Waals surface area contributed by atoms with Gasteiger partial charge in [-0.05, 0) is 30.7 Å². The molecule has 8 heteroatoms. The molecule has 0 aliphatic rings. The van der Waals surface area contributed by atoms with Gasteiger partial charge in [-0.2, -0.15) is 13.2 Å². The summed E-state index contributed by atoms with van der Waals surface area (Å²) in [5.74, 6) is -0.953. The molecule has 1 unspecified atom stereocenters. The Balaban J connectivity index is 2.46. The van der Waals surface area contributed by atoms with E-state index in [9.17, 15) is 17.7 Å².